The highest BCUT2D eigenvalue weighted by Crippen LogP contribution is 2.38. The Morgan fingerprint density at radius 3 is 2.60 bits per heavy atom. The molecule has 3 aromatic rings. The number of hydrogen-bond acceptors (Lipinski definition) is 8. The highest BCUT2D eigenvalue weighted by molar-refractivity contribution is 6.30. The maximum atomic E-state index is 12.1. The fraction of sp³-hybridized carbons (Fsp3) is 0.240. The average molecular weight is 496 g/mol. The van der Waals surface area contributed by atoms with Crippen LogP contribution in [0.2, 0.25) is 5.02 Å². The van der Waals surface area contributed by atoms with Crippen LogP contribution in [0.5, 0.6) is 5.75 Å². The first-order chi connectivity index (χ1) is 16.8. The standard InChI is InChI=1S/C25H30ClN7O2/c1-6-24(34)29-19-15-20(22(35-5)16-21(19)33(4)13-12-32(2)3)30-25-27-11-10-23(31-25)28-18-9-7-8-17(26)14-18/h6-11,14-16H,1,12-13H2,2-5H3,(H,29,34)(H2,27,28,30,31). The molecule has 0 aliphatic carbocycles. The molecule has 0 aliphatic heterocycles. The second-order valence-electron chi connectivity index (χ2n) is 8.01. The zero-order chi connectivity index (χ0) is 25.4. The molecular formula is C25H30ClN7O2. The van der Waals surface area contributed by atoms with Gasteiger partial charge in [-0.05, 0) is 50.5 Å². The number of aromatic nitrogens is 2. The number of rotatable bonds is 11. The minimum Gasteiger partial charge on any atom is -0.494 e. The van der Waals surface area contributed by atoms with Crippen molar-refractivity contribution in [3.63, 3.8) is 0 Å². The summed E-state index contributed by atoms with van der Waals surface area (Å²) in [7, 11) is 7.57. The Labute approximate surface area is 210 Å². The van der Waals surface area contributed by atoms with Crippen LogP contribution in [0.3, 0.4) is 0 Å². The molecule has 0 spiro atoms. The molecule has 184 valence electrons. The Kier molecular flexibility index (Phi) is 8.88. The summed E-state index contributed by atoms with van der Waals surface area (Å²) < 4.78 is 5.64. The molecule has 1 aromatic heterocycles. The first kappa shape index (κ1) is 25.8. The lowest BCUT2D eigenvalue weighted by molar-refractivity contribution is -0.111. The number of ether oxygens (including phenoxy) is 1. The second-order valence-corrected chi connectivity index (χ2v) is 8.45. The molecule has 1 heterocycles. The summed E-state index contributed by atoms with van der Waals surface area (Å²) in [6.45, 7) is 5.15. The fourth-order valence-corrected chi connectivity index (χ4v) is 3.42. The summed E-state index contributed by atoms with van der Waals surface area (Å²) in [6, 6.07) is 12.8. The summed E-state index contributed by atoms with van der Waals surface area (Å²) in [6.07, 6.45) is 2.87. The fourth-order valence-electron chi connectivity index (χ4n) is 3.23. The van der Waals surface area contributed by atoms with Crippen molar-refractivity contribution < 1.29 is 9.53 Å². The number of amides is 1. The third-order valence-corrected chi connectivity index (χ3v) is 5.29. The molecule has 1 amide bonds. The topological polar surface area (TPSA) is 94.6 Å². The van der Waals surface area contributed by atoms with Crippen molar-refractivity contribution in [1.29, 1.82) is 0 Å². The van der Waals surface area contributed by atoms with E-state index >= 15 is 0 Å². The number of hydrogen-bond donors (Lipinski definition) is 3. The van der Waals surface area contributed by atoms with E-state index in [1.165, 1.54) is 6.08 Å². The highest BCUT2D eigenvalue weighted by atomic mass is 35.5. The van der Waals surface area contributed by atoms with Gasteiger partial charge in [-0.15, -0.1) is 0 Å². The van der Waals surface area contributed by atoms with E-state index in [9.17, 15) is 4.79 Å². The van der Waals surface area contributed by atoms with Gasteiger partial charge in [0.05, 0.1) is 24.2 Å². The van der Waals surface area contributed by atoms with Crippen molar-refractivity contribution in [2.24, 2.45) is 0 Å². The predicted octanol–water partition coefficient (Wildman–Crippen LogP) is 4.75. The lowest BCUT2D eigenvalue weighted by Crippen LogP contribution is -2.29. The van der Waals surface area contributed by atoms with Crippen LogP contribution in [0.25, 0.3) is 0 Å². The van der Waals surface area contributed by atoms with E-state index in [-0.39, 0.29) is 5.91 Å². The molecule has 0 fully saturated rings. The molecule has 10 heteroatoms. The molecule has 2 aromatic carbocycles. The third kappa shape index (κ3) is 7.33. The molecule has 0 atom stereocenters. The zero-order valence-corrected chi connectivity index (χ0v) is 21.1. The van der Waals surface area contributed by atoms with E-state index in [4.69, 9.17) is 16.3 Å². The van der Waals surface area contributed by atoms with E-state index < -0.39 is 0 Å². The lowest BCUT2D eigenvalue weighted by Gasteiger charge is -2.26. The monoisotopic (exact) mass is 495 g/mol. The van der Waals surface area contributed by atoms with Crippen LogP contribution < -0.4 is 25.6 Å². The van der Waals surface area contributed by atoms with Crippen LogP contribution >= 0.6 is 11.6 Å². The number of likely N-dealkylation sites (N-methyl/N-ethyl adjacent to an activating group) is 2. The van der Waals surface area contributed by atoms with E-state index in [0.717, 1.165) is 24.5 Å². The first-order valence-corrected chi connectivity index (χ1v) is 11.3. The molecule has 0 saturated heterocycles. The van der Waals surface area contributed by atoms with Crippen molar-refractivity contribution >= 4 is 52.0 Å². The Bertz CT molecular complexity index is 1190. The first-order valence-electron chi connectivity index (χ1n) is 10.9. The maximum Gasteiger partial charge on any atom is 0.247 e. The largest absolute Gasteiger partial charge is 0.494 e. The van der Waals surface area contributed by atoms with Gasteiger partial charge in [0.2, 0.25) is 11.9 Å². The second kappa shape index (κ2) is 12.0. The van der Waals surface area contributed by atoms with Crippen molar-refractivity contribution in [1.82, 2.24) is 14.9 Å². The van der Waals surface area contributed by atoms with Gasteiger partial charge < -0.3 is 30.5 Å². The summed E-state index contributed by atoms with van der Waals surface area (Å²) in [5, 5.41) is 9.90. The molecule has 0 bridgehead atoms. The van der Waals surface area contributed by atoms with Gasteiger partial charge in [0.25, 0.3) is 0 Å². The quantitative estimate of drug-likeness (QED) is 0.328. The van der Waals surface area contributed by atoms with Crippen LogP contribution in [0, 0.1) is 0 Å². The lowest BCUT2D eigenvalue weighted by atomic mass is 10.2. The number of anilines is 6. The van der Waals surface area contributed by atoms with Gasteiger partial charge in [0.1, 0.15) is 11.6 Å². The third-order valence-electron chi connectivity index (χ3n) is 5.05. The Hall–Kier alpha value is -3.82. The van der Waals surface area contributed by atoms with E-state index in [1.807, 2.05) is 39.3 Å². The zero-order valence-electron chi connectivity index (χ0n) is 20.3. The van der Waals surface area contributed by atoms with Crippen LogP contribution in [0.1, 0.15) is 0 Å². The van der Waals surface area contributed by atoms with Crippen LogP contribution in [-0.2, 0) is 4.79 Å². The number of nitrogens with zero attached hydrogens (tertiary/aromatic N) is 4. The Morgan fingerprint density at radius 2 is 1.91 bits per heavy atom. The van der Waals surface area contributed by atoms with Crippen molar-refractivity contribution in [2.45, 2.75) is 0 Å². The van der Waals surface area contributed by atoms with E-state index in [1.54, 1.807) is 37.6 Å². The number of nitrogens with one attached hydrogen (secondary N) is 3. The van der Waals surface area contributed by atoms with Crippen LogP contribution in [0.15, 0.2) is 61.3 Å². The molecule has 9 nitrogen and oxygen atoms in total. The minimum absolute atomic E-state index is 0.313. The smallest absolute Gasteiger partial charge is 0.247 e. The highest BCUT2D eigenvalue weighted by Gasteiger charge is 2.16. The summed E-state index contributed by atoms with van der Waals surface area (Å²) in [5.74, 6) is 1.20. The Balaban J connectivity index is 1.91. The number of carbonyl (C=O) groups is 1. The van der Waals surface area contributed by atoms with Gasteiger partial charge >= 0.3 is 0 Å². The number of methoxy groups -OCH3 is 1. The average Bonchev–Trinajstić information content (AvgIpc) is 2.83. The van der Waals surface area contributed by atoms with Crippen molar-refractivity contribution in [2.75, 3.05) is 62.2 Å². The van der Waals surface area contributed by atoms with Gasteiger partial charge in [0, 0.05) is 43.1 Å². The summed E-state index contributed by atoms with van der Waals surface area (Å²) in [5.41, 5.74) is 2.81. The predicted molar refractivity (Wildman–Crippen MR) is 144 cm³/mol. The number of carbonyl (C=O) groups excluding carboxylic acids is 1. The van der Waals surface area contributed by atoms with E-state index in [0.29, 0.717) is 33.9 Å². The van der Waals surface area contributed by atoms with Crippen LogP contribution in [0.4, 0.5) is 34.5 Å². The van der Waals surface area contributed by atoms with Gasteiger partial charge in [0.15, 0.2) is 0 Å². The van der Waals surface area contributed by atoms with Gasteiger partial charge in [-0.25, -0.2) is 4.98 Å². The molecule has 0 radical (unpaired) electrons. The minimum atomic E-state index is -0.313. The molecule has 3 N–H and O–H groups in total. The molecule has 3 rings (SSSR count). The van der Waals surface area contributed by atoms with Crippen molar-refractivity contribution in [3.8, 4) is 5.75 Å². The number of benzene rings is 2. The normalized spacial score (nSPS) is 10.6. The summed E-state index contributed by atoms with van der Waals surface area (Å²) >= 11 is 6.07. The SMILES string of the molecule is C=CC(=O)Nc1cc(Nc2nccc(Nc3cccc(Cl)c3)n2)c(OC)cc1N(C)CCN(C)C. The molecule has 0 aliphatic rings. The summed E-state index contributed by atoms with van der Waals surface area (Å²) in [4.78, 5) is 25.1. The van der Waals surface area contributed by atoms with Gasteiger partial charge in [-0.1, -0.05) is 24.2 Å². The number of halogens is 1. The Morgan fingerprint density at radius 1 is 1.11 bits per heavy atom. The van der Waals surface area contributed by atoms with Gasteiger partial charge in [-0.2, -0.15) is 4.98 Å². The van der Waals surface area contributed by atoms with E-state index in [2.05, 4.69) is 42.3 Å². The molecule has 35 heavy (non-hydrogen) atoms. The van der Waals surface area contributed by atoms with Crippen LogP contribution in [-0.4, -0.2) is 62.1 Å². The maximum absolute atomic E-state index is 12.1. The molecule has 0 unspecified atom stereocenters. The molecule has 0 saturated carbocycles. The van der Waals surface area contributed by atoms with Gasteiger partial charge in [-0.3, -0.25) is 4.79 Å². The van der Waals surface area contributed by atoms with Crippen molar-refractivity contribution in [3.05, 3.63) is 66.3 Å². The molecular weight excluding hydrogens is 466 g/mol.